The third-order valence-electron chi connectivity index (χ3n) is 6.11. The topological polar surface area (TPSA) is 65.5 Å². The summed E-state index contributed by atoms with van der Waals surface area (Å²) in [7, 11) is 0. The Balaban J connectivity index is 1.48. The first-order valence-electron chi connectivity index (χ1n) is 10.9. The zero-order valence-electron chi connectivity index (χ0n) is 18.2. The van der Waals surface area contributed by atoms with E-state index in [0.717, 1.165) is 60.8 Å². The summed E-state index contributed by atoms with van der Waals surface area (Å²) in [6.45, 7) is 6.64. The van der Waals surface area contributed by atoms with E-state index < -0.39 is 5.91 Å². The molecular weight excluding hydrogens is 439 g/mol. The lowest BCUT2D eigenvalue weighted by Crippen LogP contribution is -2.46. The Kier molecular flexibility index (Phi) is 5.86. The van der Waals surface area contributed by atoms with Gasteiger partial charge in [0.05, 0.1) is 16.3 Å². The number of carbonyl (C=O) groups is 2. The molecule has 168 valence electrons. The molecule has 0 unspecified atom stereocenters. The number of amides is 2. The van der Waals surface area contributed by atoms with E-state index in [0.29, 0.717) is 21.8 Å². The van der Waals surface area contributed by atoms with Crippen LogP contribution in [-0.4, -0.2) is 53.8 Å². The fourth-order valence-corrected chi connectivity index (χ4v) is 4.98. The third kappa shape index (κ3) is 4.36. The summed E-state index contributed by atoms with van der Waals surface area (Å²) in [6, 6.07) is 12.9. The molecule has 0 saturated carbocycles. The highest BCUT2D eigenvalue weighted by Crippen LogP contribution is 2.32. The number of imide groups is 1. The zero-order valence-corrected chi connectivity index (χ0v) is 19.0. The number of fused-ring (bicyclic) bond motifs is 1. The van der Waals surface area contributed by atoms with Gasteiger partial charge in [0.2, 0.25) is 0 Å². The number of nitrogens with one attached hydrogen (secondary N) is 1. The van der Waals surface area contributed by atoms with Gasteiger partial charge in [-0.25, -0.2) is 4.39 Å². The second kappa shape index (κ2) is 8.96. The lowest BCUT2D eigenvalue weighted by molar-refractivity contribution is -0.115. The Morgan fingerprint density at radius 2 is 1.91 bits per heavy atom. The minimum Gasteiger partial charge on any atom is -0.367 e. The normalized spacial score (nSPS) is 18.4. The second-order valence-electron chi connectivity index (χ2n) is 8.08. The van der Waals surface area contributed by atoms with Crippen LogP contribution < -0.4 is 10.2 Å². The van der Waals surface area contributed by atoms with Gasteiger partial charge in [0, 0.05) is 43.3 Å². The van der Waals surface area contributed by atoms with Gasteiger partial charge in [-0.2, -0.15) is 0 Å². The Hall–Kier alpha value is -3.23. The van der Waals surface area contributed by atoms with E-state index in [1.165, 1.54) is 0 Å². The number of halogens is 1. The molecule has 6 nitrogen and oxygen atoms in total. The number of aromatic nitrogens is 1. The van der Waals surface area contributed by atoms with Crippen LogP contribution in [0.1, 0.15) is 12.5 Å². The lowest BCUT2D eigenvalue weighted by Gasteiger charge is -2.35. The molecule has 0 bridgehead atoms. The van der Waals surface area contributed by atoms with Crippen molar-refractivity contribution in [3.05, 3.63) is 64.9 Å². The van der Waals surface area contributed by atoms with Gasteiger partial charge in [-0.05, 0) is 59.6 Å². The molecule has 2 aliphatic rings. The quantitative estimate of drug-likeness (QED) is 0.576. The van der Waals surface area contributed by atoms with E-state index in [-0.39, 0.29) is 11.1 Å². The Morgan fingerprint density at radius 1 is 1.09 bits per heavy atom. The fourth-order valence-electron chi connectivity index (χ4n) is 4.29. The van der Waals surface area contributed by atoms with Crippen LogP contribution in [0.15, 0.2) is 53.6 Å². The molecule has 5 rings (SSSR count). The van der Waals surface area contributed by atoms with Crippen molar-refractivity contribution >= 4 is 45.4 Å². The molecule has 3 aromatic rings. The highest BCUT2D eigenvalue weighted by atomic mass is 32.2. The highest BCUT2D eigenvalue weighted by molar-refractivity contribution is 8.18. The molecular formula is C25H23FN4O2S. The predicted molar refractivity (Wildman–Crippen MR) is 131 cm³/mol. The Morgan fingerprint density at radius 3 is 2.61 bits per heavy atom. The van der Waals surface area contributed by atoms with Gasteiger partial charge < -0.3 is 9.80 Å². The van der Waals surface area contributed by atoms with Gasteiger partial charge in [-0.15, -0.1) is 0 Å². The monoisotopic (exact) mass is 462 g/mol. The van der Waals surface area contributed by atoms with E-state index in [1.54, 1.807) is 18.3 Å². The molecule has 0 aliphatic carbocycles. The SMILES string of the molecule is CCN1CCN(c2ccc(-c3nccc4ccc(/C=C5\SC(=O)NC5=O)cc34)cc2F)CC1. The third-order valence-corrected chi connectivity index (χ3v) is 6.92. The van der Waals surface area contributed by atoms with Crippen LogP contribution in [0.3, 0.4) is 0 Å². The van der Waals surface area contributed by atoms with Crippen molar-refractivity contribution in [1.82, 2.24) is 15.2 Å². The summed E-state index contributed by atoms with van der Waals surface area (Å²) in [6.07, 6.45) is 3.39. The maximum Gasteiger partial charge on any atom is 0.290 e. The minimum atomic E-state index is -0.395. The number of piperazine rings is 1. The van der Waals surface area contributed by atoms with Crippen molar-refractivity contribution in [2.75, 3.05) is 37.6 Å². The van der Waals surface area contributed by atoms with Gasteiger partial charge >= 0.3 is 0 Å². The average molecular weight is 463 g/mol. The van der Waals surface area contributed by atoms with Crippen molar-refractivity contribution in [2.45, 2.75) is 6.92 Å². The fraction of sp³-hybridized carbons (Fsp3) is 0.240. The summed E-state index contributed by atoms with van der Waals surface area (Å²) in [4.78, 5) is 32.7. The summed E-state index contributed by atoms with van der Waals surface area (Å²) < 4.78 is 15.2. The molecule has 1 aromatic heterocycles. The van der Waals surface area contributed by atoms with Crippen molar-refractivity contribution in [2.24, 2.45) is 0 Å². The number of hydrogen-bond donors (Lipinski definition) is 1. The Bertz CT molecular complexity index is 1280. The predicted octanol–water partition coefficient (Wildman–Crippen LogP) is 4.51. The van der Waals surface area contributed by atoms with Crippen molar-refractivity contribution in [3.8, 4) is 11.3 Å². The lowest BCUT2D eigenvalue weighted by atomic mass is 10.0. The molecule has 2 amide bonds. The minimum absolute atomic E-state index is 0.257. The maximum atomic E-state index is 15.2. The number of anilines is 1. The number of thioether (sulfide) groups is 1. The standard InChI is InChI=1S/C25H23FN4O2S/c1-2-29-9-11-30(12-10-29)21-6-5-18(15-20(21)26)23-19-13-16(3-4-17(19)7-8-27-23)14-22-24(31)28-25(32)33-22/h3-8,13-15H,2,9-12H2,1H3,(H,28,31,32)/b22-14-. The number of pyridine rings is 1. The van der Waals surface area contributed by atoms with Gasteiger partial charge in [0.15, 0.2) is 0 Å². The molecule has 2 saturated heterocycles. The molecule has 2 aliphatic heterocycles. The molecule has 33 heavy (non-hydrogen) atoms. The average Bonchev–Trinajstić information content (AvgIpc) is 3.15. The van der Waals surface area contributed by atoms with E-state index in [1.807, 2.05) is 36.4 Å². The van der Waals surface area contributed by atoms with E-state index in [9.17, 15) is 9.59 Å². The van der Waals surface area contributed by atoms with E-state index in [2.05, 4.69) is 27.0 Å². The smallest absolute Gasteiger partial charge is 0.290 e. The van der Waals surface area contributed by atoms with Crippen LogP contribution in [0.4, 0.5) is 14.9 Å². The number of likely N-dealkylation sites (N-methyl/N-ethyl adjacent to an activating group) is 1. The number of benzene rings is 2. The van der Waals surface area contributed by atoms with Crippen LogP contribution in [-0.2, 0) is 4.79 Å². The summed E-state index contributed by atoms with van der Waals surface area (Å²) in [5.74, 6) is -0.652. The largest absolute Gasteiger partial charge is 0.367 e. The van der Waals surface area contributed by atoms with Crippen LogP contribution in [0.25, 0.3) is 28.1 Å². The number of nitrogens with zero attached hydrogens (tertiary/aromatic N) is 3. The Labute approximate surface area is 195 Å². The zero-order chi connectivity index (χ0) is 22.9. The first-order valence-corrected chi connectivity index (χ1v) is 11.7. The van der Waals surface area contributed by atoms with Crippen molar-refractivity contribution in [1.29, 1.82) is 0 Å². The molecule has 8 heteroatoms. The summed E-state index contributed by atoms with van der Waals surface area (Å²) in [5, 5.41) is 3.70. The van der Waals surface area contributed by atoms with Gasteiger partial charge in [-0.3, -0.25) is 19.9 Å². The first-order chi connectivity index (χ1) is 16.0. The molecule has 2 aromatic carbocycles. The number of hydrogen-bond acceptors (Lipinski definition) is 6. The van der Waals surface area contributed by atoms with Crippen molar-refractivity contribution < 1.29 is 14.0 Å². The molecule has 1 N–H and O–H groups in total. The molecule has 0 spiro atoms. The molecule has 2 fully saturated rings. The van der Waals surface area contributed by atoms with Crippen LogP contribution in [0.5, 0.6) is 0 Å². The van der Waals surface area contributed by atoms with Gasteiger partial charge in [-0.1, -0.05) is 25.1 Å². The number of carbonyl (C=O) groups excluding carboxylic acids is 2. The van der Waals surface area contributed by atoms with Crippen LogP contribution in [0.2, 0.25) is 0 Å². The molecule has 0 atom stereocenters. The first kappa shape index (κ1) is 21.6. The second-order valence-corrected chi connectivity index (χ2v) is 9.09. The van der Waals surface area contributed by atoms with E-state index >= 15 is 4.39 Å². The molecule has 3 heterocycles. The summed E-state index contributed by atoms with van der Waals surface area (Å²) in [5.41, 5.74) is 2.76. The maximum absolute atomic E-state index is 15.2. The number of rotatable bonds is 4. The molecule has 0 radical (unpaired) electrons. The van der Waals surface area contributed by atoms with Crippen LogP contribution >= 0.6 is 11.8 Å². The van der Waals surface area contributed by atoms with Crippen molar-refractivity contribution in [3.63, 3.8) is 0 Å². The van der Waals surface area contributed by atoms with Gasteiger partial charge in [0.1, 0.15) is 5.82 Å². The van der Waals surface area contributed by atoms with Crippen LogP contribution in [0, 0.1) is 5.82 Å². The van der Waals surface area contributed by atoms with E-state index in [4.69, 9.17) is 0 Å². The highest BCUT2D eigenvalue weighted by Gasteiger charge is 2.25. The van der Waals surface area contributed by atoms with Gasteiger partial charge in [0.25, 0.3) is 11.1 Å². The summed E-state index contributed by atoms with van der Waals surface area (Å²) >= 11 is 0.882.